The van der Waals surface area contributed by atoms with Gasteiger partial charge in [0.25, 0.3) is 11.8 Å². The molecule has 1 aromatic heterocycles. The van der Waals surface area contributed by atoms with E-state index >= 15 is 0 Å². The number of nitrogens with one attached hydrogen (secondary N) is 2. The number of amides is 2. The van der Waals surface area contributed by atoms with E-state index in [0.717, 1.165) is 23.5 Å². The van der Waals surface area contributed by atoms with Crippen LogP contribution in [0.15, 0.2) is 36.4 Å². The van der Waals surface area contributed by atoms with E-state index in [9.17, 15) is 14.0 Å². The zero-order valence-electron chi connectivity index (χ0n) is 16.6. The Kier molecular flexibility index (Phi) is 7.04. The molecule has 0 aliphatic heterocycles. The first-order valence-electron chi connectivity index (χ1n) is 8.83. The zero-order chi connectivity index (χ0) is 22.7. The highest BCUT2D eigenvalue weighted by Gasteiger charge is 2.19. The van der Waals surface area contributed by atoms with E-state index in [1.807, 2.05) is 0 Å². The molecule has 0 saturated heterocycles. The summed E-state index contributed by atoms with van der Waals surface area (Å²) in [6.45, 7) is 1.74. The normalized spacial score (nSPS) is 10.5. The SMILES string of the molecule is COc1cc(NC(=O)c2sc(NC(=O)c3ccc(F)cc3Cl)cc2C)c(OC)cc1Cl. The number of benzene rings is 2. The second-order valence-corrected chi connectivity index (χ2v) is 8.21. The summed E-state index contributed by atoms with van der Waals surface area (Å²) in [5.74, 6) is -0.702. The molecule has 2 aromatic carbocycles. The quantitative estimate of drug-likeness (QED) is 0.449. The minimum atomic E-state index is -0.540. The third-order valence-corrected chi connectivity index (χ3v) is 6.02. The maximum Gasteiger partial charge on any atom is 0.266 e. The van der Waals surface area contributed by atoms with E-state index in [1.54, 1.807) is 19.1 Å². The average molecular weight is 483 g/mol. The molecule has 31 heavy (non-hydrogen) atoms. The Morgan fingerprint density at radius 2 is 1.65 bits per heavy atom. The number of hydrogen-bond acceptors (Lipinski definition) is 5. The van der Waals surface area contributed by atoms with Crippen LogP contribution in [0.4, 0.5) is 15.1 Å². The Morgan fingerprint density at radius 1 is 0.935 bits per heavy atom. The lowest BCUT2D eigenvalue weighted by Crippen LogP contribution is -2.12. The van der Waals surface area contributed by atoms with Gasteiger partial charge in [-0.3, -0.25) is 9.59 Å². The van der Waals surface area contributed by atoms with E-state index in [1.165, 1.54) is 26.4 Å². The van der Waals surface area contributed by atoms with Crippen molar-refractivity contribution in [2.75, 3.05) is 24.9 Å². The molecule has 0 fully saturated rings. The van der Waals surface area contributed by atoms with Crippen LogP contribution in [0.1, 0.15) is 25.6 Å². The molecule has 0 aliphatic carbocycles. The molecule has 10 heteroatoms. The van der Waals surface area contributed by atoms with Crippen molar-refractivity contribution in [3.8, 4) is 11.5 Å². The lowest BCUT2D eigenvalue weighted by atomic mass is 10.2. The second-order valence-electron chi connectivity index (χ2n) is 6.34. The summed E-state index contributed by atoms with van der Waals surface area (Å²) in [7, 11) is 2.92. The molecule has 0 unspecified atom stereocenters. The number of rotatable bonds is 6. The summed E-state index contributed by atoms with van der Waals surface area (Å²) in [6.07, 6.45) is 0. The van der Waals surface area contributed by atoms with Crippen molar-refractivity contribution in [2.24, 2.45) is 0 Å². The topological polar surface area (TPSA) is 76.7 Å². The minimum absolute atomic E-state index is 0.00692. The highest BCUT2D eigenvalue weighted by Crippen LogP contribution is 2.37. The number of carbonyl (C=O) groups is 2. The van der Waals surface area contributed by atoms with Gasteiger partial charge in [0, 0.05) is 12.1 Å². The number of thiophene rings is 1. The van der Waals surface area contributed by atoms with E-state index in [4.69, 9.17) is 32.7 Å². The van der Waals surface area contributed by atoms with Gasteiger partial charge in [-0.05, 0) is 36.8 Å². The summed E-state index contributed by atoms with van der Waals surface area (Å²) in [6, 6.07) is 8.25. The van der Waals surface area contributed by atoms with Crippen molar-refractivity contribution < 1.29 is 23.5 Å². The Labute approximate surface area is 191 Å². The van der Waals surface area contributed by atoms with Gasteiger partial charge in [-0.15, -0.1) is 11.3 Å². The van der Waals surface area contributed by atoms with Crippen LogP contribution in [0.2, 0.25) is 10.0 Å². The van der Waals surface area contributed by atoms with Crippen molar-refractivity contribution >= 4 is 57.0 Å². The molecule has 3 rings (SSSR count). The highest BCUT2D eigenvalue weighted by molar-refractivity contribution is 7.18. The molecule has 2 amide bonds. The van der Waals surface area contributed by atoms with Gasteiger partial charge in [0.1, 0.15) is 17.3 Å². The third kappa shape index (κ3) is 5.10. The molecule has 1 heterocycles. The van der Waals surface area contributed by atoms with Crippen molar-refractivity contribution in [3.63, 3.8) is 0 Å². The molecule has 0 atom stereocenters. The molecule has 2 N–H and O–H groups in total. The number of anilines is 2. The van der Waals surface area contributed by atoms with Gasteiger partial charge < -0.3 is 20.1 Å². The maximum atomic E-state index is 13.2. The number of aryl methyl sites for hydroxylation is 1. The first-order chi connectivity index (χ1) is 14.7. The van der Waals surface area contributed by atoms with E-state index in [0.29, 0.717) is 37.7 Å². The molecule has 0 radical (unpaired) electrons. The summed E-state index contributed by atoms with van der Waals surface area (Å²) >= 11 is 13.1. The third-order valence-electron chi connectivity index (χ3n) is 4.26. The van der Waals surface area contributed by atoms with Crippen LogP contribution in [-0.4, -0.2) is 26.0 Å². The summed E-state index contributed by atoms with van der Waals surface area (Å²) in [4.78, 5) is 25.7. The first kappa shape index (κ1) is 22.9. The van der Waals surface area contributed by atoms with Crippen LogP contribution in [-0.2, 0) is 0 Å². The van der Waals surface area contributed by atoms with Crippen LogP contribution in [0.5, 0.6) is 11.5 Å². The number of halogens is 3. The summed E-state index contributed by atoms with van der Waals surface area (Å²) in [5, 5.41) is 6.22. The molecule has 0 saturated carbocycles. The Hall–Kier alpha value is -2.81. The molecule has 0 spiro atoms. The van der Waals surface area contributed by atoms with Gasteiger partial charge in [0.15, 0.2) is 0 Å². The van der Waals surface area contributed by atoms with Gasteiger partial charge in [-0.25, -0.2) is 4.39 Å². The molecule has 3 aromatic rings. The standard InChI is InChI=1S/C21H17Cl2FN2O4S/c1-10-6-18(26-20(27)12-5-4-11(24)7-13(12)22)31-19(10)21(28)25-15-9-16(29-2)14(23)8-17(15)30-3/h4-9H,1-3H3,(H,25,28)(H,26,27). The van der Waals surface area contributed by atoms with Crippen LogP contribution in [0.25, 0.3) is 0 Å². The molecule has 0 aliphatic rings. The fourth-order valence-electron chi connectivity index (χ4n) is 2.76. The van der Waals surface area contributed by atoms with Crippen molar-refractivity contribution in [3.05, 3.63) is 68.3 Å². The number of ether oxygens (including phenoxy) is 2. The molecular weight excluding hydrogens is 466 g/mol. The highest BCUT2D eigenvalue weighted by atomic mass is 35.5. The molecular formula is C21H17Cl2FN2O4S. The van der Waals surface area contributed by atoms with Gasteiger partial charge in [-0.2, -0.15) is 0 Å². The predicted molar refractivity (Wildman–Crippen MR) is 121 cm³/mol. The van der Waals surface area contributed by atoms with E-state index in [2.05, 4.69) is 10.6 Å². The van der Waals surface area contributed by atoms with Gasteiger partial charge in [-0.1, -0.05) is 23.2 Å². The fourth-order valence-corrected chi connectivity index (χ4v) is 4.21. The second kappa shape index (κ2) is 9.55. The monoisotopic (exact) mass is 482 g/mol. The van der Waals surface area contributed by atoms with Crippen LogP contribution in [0.3, 0.4) is 0 Å². The van der Waals surface area contributed by atoms with Crippen LogP contribution >= 0.6 is 34.5 Å². The van der Waals surface area contributed by atoms with Gasteiger partial charge in [0.2, 0.25) is 0 Å². The Bertz CT molecular complexity index is 1170. The lowest BCUT2D eigenvalue weighted by molar-refractivity contribution is 0.102. The van der Waals surface area contributed by atoms with E-state index < -0.39 is 17.6 Å². The zero-order valence-corrected chi connectivity index (χ0v) is 19.0. The van der Waals surface area contributed by atoms with Crippen LogP contribution < -0.4 is 20.1 Å². The van der Waals surface area contributed by atoms with E-state index in [-0.39, 0.29) is 10.6 Å². The summed E-state index contributed by atoms with van der Waals surface area (Å²) in [5.41, 5.74) is 1.16. The Morgan fingerprint density at radius 3 is 2.29 bits per heavy atom. The number of carbonyl (C=O) groups excluding carboxylic acids is 2. The number of hydrogen-bond donors (Lipinski definition) is 2. The van der Waals surface area contributed by atoms with Crippen LogP contribution in [0, 0.1) is 12.7 Å². The molecule has 0 bridgehead atoms. The van der Waals surface area contributed by atoms with Crippen molar-refractivity contribution in [2.45, 2.75) is 6.92 Å². The van der Waals surface area contributed by atoms with Gasteiger partial charge in [0.05, 0.1) is 45.4 Å². The fraction of sp³-hybridized carbons (Fsp3) is 0.143. The smallest absolute Gasteiger partial charge is 0.266 e. The lowest BCUT2D eigenvalue weighted by Gasteiger charge is -2.13. The molecule has 162 valence electrons. The first-order valence-corrected chi connectivity index (χ1v) is 10.4. The maximum absolute atomic E-state index is 13.2. The number of methoxy groups -OCH3 is 2. The molecule has 6 nitrogen and oxygen atoms in total. The van der Waals surface area contributed by atoms with Gasteiger partial charge >= 0.3 is 0 Å². The van der Waals surface area contributed by atoms with Crippen molar-refractivity contribution in [1.29, 1.82) is 0 Å². The largest absolute Gasteiger partial charge is 0.495 e. The summed E-state index contributed by atoms with van der Waals surface area (Å²) < 4.78 is 23.7. The minimum Gasteiger partial charge on any atom is -0.495 e. The average Bonchev–Trinajstić information content (AvgIpc) is 3.08. The Balaban J connectivity index is 1.81. The predicted octanol–water partition coefficient (Wildman–Crippen LogP) is 6.02. The van der Waals surface area contributed by atoms with Crippen molar-refractivity contribution in [1.82, 2.24) is 0 Å².